The van der Waals surface area contributed by atoms with Gasteiger partial charge in [-0.25, -0.2) is 15.0 Å². The van der Waals surface area contributed by atoms with Crippen LogP contribution in [0.1, 0.15) is 11.1 Å². The SMILES string of the molecule is NCC#Cc1cccc(CSc2ncnc3nc[nH]c23)c1. The number of thioether (sulfide) groups is 1. The van der Waals surface area contributed by atoms with Crippen LogP contribution in [-0.2, 0) is 5.75 Å². The second kappa shape index (κ2) is 6.39. The normalized spacial score (nSPS) is 10.3. The molecular weight excluding hydrogens is 282 g/mol. The van der Waals surface area contributed by atoms with Gasteiger partial charge in [-0.1, -0.05) is 35.7 Å². The van der Waals surface area contributed by atoms with E-state index in [1.54, 1.807) is 18.1 Å². The van der Waals surface area contributed by atoms with Gasteiger partial charge < -0.3 is 10.7 Å². The zero-order valence-electron chi connectivity index (χ0n) is 11.2. The second-order valence-electron chi connectivity index (χ2n) is 4.27. The number of nitrogens with two attached hydrogens (primary N) is 1. The molecule has 21 heavy (non-hydrogen) atoms. The lowest BCUT2D eigenvalue weighted by molar-refractivity contribution is 1.08. The summed E-state index contributed by atoms with van der Waals surface area (Å²) >= 11 is 1.64. The molecule has 0 aliphatic heterocycles. The third kappa shape index (κ3) is 3.21. The first-order chi connectivity index (χ1) is 10.4. The fourth-order valence-electron chi connectivity index (χ4n) is 1.90. The fraction of sp³-hybridized carbons (Fsp3) is 0.133. The molecular formula is C15H13N5S. The minimum atomic E-state index is 0.373. The number of hydrogen-bond donors (Lipinski definition) is 2. The summed E-state index contributed by atoms with van der Waals surface area (Å²) in [5.41, 5.74) is 9.13. The molecule has 6 heteroatoms. The average Bonchev–Trinajstić information content (AvgIpc) is 3.00. The van der Waals surface area contributed by atoms with Gasteiger partial charge in [-0.15, -0.1) is 0 Å². The number of H-pyrrole nitrogens is 1. The van der Waals surface area contributed by atoms with Crippen molar-refractivity contribution in [3.05, 3.63) is 48.0 Å². The number of aromatic nitrogens is 4. The van der Waals surface area contributed by atoms with Crippen LogP contribution in [-0.4, -0.2) is 26.5 Å². The molecule has 104 valence electrons. The third-order valence-electron chi connectivity index (χ3n) is 2.83. The van der Waals surface area contributed by atoms with E-state index in [2.05, 4.69) is 43.9 Å². The number of imidazole rings is 1. The number of hydrogen-bond acceptors (Lipinski definition) is 5. The van der Waals surface area contributed by atoms with E-state index >= 15 is 0 Å². The Morgan fingerprint density at radius 1 is 1.24 bits per heavy atom. The molecule has 0 radical (unpaired) electrons. The molecule has 3 N–H and O–H groups in total. The Bertz CT molecular complexity index is 815. The predicted octanol–water partition coefficient (Wildman–Crippen LogP) is 1.96. The van der Waals surface area contributed by atoms with Gasteiger partial charge in [0, 0.05) is 11.3 Å². The summed E-state index contributed by atoms with van der Waals surface area (Å²) in [6.45, 7) is 0.373. The number of benzene rings is 1. The Kier molecular flexibility index (Phi) is 4.15. The van der Waals surface area contributed by atoms with Gasteiger partial charge in [-0.05, 0) is 17.7 Å². The van der Waals surface area contributed by atoms with Crippen LogP contribution >= 0.6 is 11.8 Å². The van der Waals surface area contributed by atoms with E-state index in [4.69, 9.17) is 5.73 Å². The van der Waals surface area contributed by atoms with Crippen LogP contribution < -0.4 is 5.73 Å². The average molecular weight is 295 g/mol. The lowest BCUT2D eigenvalue weighted by Crippen LogP contribution is -1.93. The second-order valence-corrected chi connectivity index (χ2v) is 5.24. The molecule has 0 atom stereocenters. The van der Waals surface area contributed by atoms with Crippen LogP contribution in [0.3, 0.4) is 0 Å². The molecule has 0 bridgehead atoms. The van der Waals surface area contributed by atoms with Crippen molar-refractivity contribution in [1.82, 2.24) is 19.9 Å². The van der Waals surface area contributed by atoms with Gasteiger partial charge >= 0.3 is 0 Å². The molecule has 5 nitrogen and oxygen atoms in total. The quantitative estimate of drug-likeness (QED) is 0.438. The maximum Gasteiger partial charge on any atom is 0.181 e. The van der Waals surface area contributed by atoms with Crippen molar-refractivity contribution in [2.45, 2.75) is 10.8 Å². The van der Waals surface area contributed by atoms with E-state index in [0.29, 0.717) is 12.2 Å². The number of fused-ring (bicyclic) bond motifs is 1. The standard InChI is InChI=1S/C15H13N5S/c16-6-2-5-11-3-1-4-12(7-11)8-21-15-13-14(18-9-17-13)19-10-20-15/h1,3-4,7,9-10H,6,8,16H2,(H,17,18,19,20). The third-order valence-corrected chi connectivity index (χ3v) is 3.89. The van der Waals surface area contributed by atoms with Crippen LogP contribution in [0.4, 0.5) is 0 Å². The van der Waals surface area contributed by atoms with Crippen molar-refractivity contribution in [3.63, 3.8) is 0 Å². The molecule has 0 unspecified atom stereocenters. The van der Waals surface area contributed by atoms with Crippen LogP contribution in [0.2, 0.25) is 0 Å². The van der Waals surface area contributed by atoms with Gasteiger partial charge in [0.1, 0.15) is 16.9 Å². The summed E-state index contributed by atoms with van der Waals surface area (Å²) in [4.78, 5) is 15.6. The zero-order valence-corrected chi connectivity index (χ0v) is 12.0. The van der Waals surface area contributed by atoms with Gasteiger partial charge in [0.05, 0.1) is 12.9 Å². The largest absolute Gasteiger partial charge is 0.341 e. The highest BCUT2D eigenvalue weighted by Gasteiger charge is 2.06. The fourth-order valence-corrected chi connectivity index (χ4v) is 2.80. The molecule has 0 saturated heterocycles. The van der Waals surface area contributed by atoms with E-state index in [-0.39, 0.29) is 0 Å². The highest BCUT2D eigenvalue weighted by Crippen LogP contribution is 2.25. The molecule has 0 fully saturated rings. The number of nitrogens with one attached hydrogen (secondary N) is 1. The Morgan fingerprint density at radius 3 is 3.10 bits per heavy atom. The van der Waals surface area contributed by atoms with Crippen LogP contribution in [0.5, 0.6) is 0 Å². The Labute approximate surface area is 126 Å². The van der Waals surface area contributed by atoms with Gasteiger partial charge in [-0.3, -0.25) is 0 Å². The summed E-state index contributed by atoms with van der Waals surface area (Å²) in [5, 5.41) is 0.899. The Balaban J connectivity index is 1.77. The van der Waals surface area contributed by atoms with Gasteiger partial charge in [0.15, 0.2) is 5.65 Å². The molecule has 1 aromatic carbocycles. The van der Waals surface area contributed by atoms with E-state index in [1.165, 1.54) is 11.9 Å². The zero-order chi connectivity index (χ0) is 14.5. The lowest BCUT2D eigenvalue weighted by Gasteiger charge is -2.02. The van der Waals surface area contributed by atoms with Crippen molar-refractivity contribution >= 4 is 22.9 Å². The summed E-state index contributed by atoms with van der Waals surface area (Å²) in [5.74, 6) is 6.71. The Morgan fingerprint density at radius 2 is 2.19 bits per heavy atom. The van der Waals surface area contributed by atoms with Gasteiger partial charge in [0.25, 0.3) is 0 Å². The molecule has 3 rings (SSSR count). The van der Waals surface area contributed by atoms with Gasteiger partial charge in [0.2, 0.25) is 0 Å². The molecule has 0 aliphatic carbocycles. The first-order valence-electron chi connectivity index (χ1n) is 6.41. The van der Waals surface area contributed by atoms with Crippen molar-refractivity contribution in [2.24, 2.45) is 5.73 Å². The molecule has 3 aromatic rings. The van der Waals surface area contributed by atoms with E-state index in [0.717, 1.165) is 21.9 Å². The number of rotatable bonds is 3. The first kappa shape index (κ1) is 13.6. The minimum absolute atomic E-state index is 0.373. The van der Waals surface area contributed by atoms with Gasteiger partial charge in [-0.2, -0.15) is 0 Å². The molecule has 0 saturated carbocycles. The molecule has 0 aliphatic rings. The molecule has 0 spiro atoms. The Hall–Kier alpha value is -2.36. The predicted molar refractivity (Wildman–Crippen MR) is 83.6 cm³/mol. The maximum atomic E-state index is 5.39. The summed E-state index contributed by atoms with van der Waals surface area (Å²) in [6.07, 6.45) is 3.17. The number of aromatic amines is 1. The van der Waals surface area contributed by atoms with Crippen molar-refractivity contribution in [2.75, 3.05) is 6.54 Å². The van der Waals surface area contributed by atoms with Crippen molar-refractivity contribution in [3.8, 4) is 11.8 Å². The topological polar surface area (TPSA) is 80.5 Å². The summed E-state index contributed by atoms with van der Waals surface area (Å²) < 4.78 is 0. The lowest BCUT2D eigenvalue weighted by atomic mass is 10.1. The summed E-state index contributed by atoms with van der Waals surface area (Å²) in [7, 11) is 0. The number of nitrogens with zero attached hydrogens (tertiary/aromatic N) is 3. The van der Waals surface area contributed by atoms with Crippen molar-refractivity contribution < 1.29 is 0 Å². The van der Waals surface area contributed by atoms with E-state index in [1.807, 2.05) is 12.1 Å². The highest BCUT2D eigenvalue weighted by atomic mass is 32.2. The monoisotopic (exact) mass is 295 g/mol. The maximum absolute atomic E-state index is 5.39. The van der Waals surface area contributed by atoms with E-state index < -0.39 is 0 Å². The minimum Gasteiger partial charge on any atom is -0.341 e. The first-order valence-corrected chi connectivity index (χ1v) is 7.40. The van der Waals surface area contributed by atoms with Crippen LogP contribution in [0, 0.1) is 11.8 Å². The highest BCUT2D eigenvalue weighted by molar-refractivity contribution is 7.98. The van der Waals surface area contributed by atoms with Crippen molar-refractivity contribution in [1.29, 1.82) is 0 Å². The van der Waals surface area contributed by atoms with Crippen LogP contribution in [0.15, 0.2) is 41.9 Å². The molecule has 2 aromatic heterocycles. The molecule has 2 heterocycles. The van der Waals surface area contributed by atoms with E-state index in [9.17, 15) is 0 Å². The van der Waals surface area contributed by atoms with Crippen LogP contribution in [0.25, 0.3) is 11.2 Å². The smallest absolute Gasteiger partial charge is 0.181 e. The summed E-state index contributed by atoms with van der Waals surface area (Å²) in [6, 6.07) is 8.13. The molecule has 0 amide bonds.